The van der Waals surface area contributed by atoms with Crippen LogP contribution in [0.25, 0.3) is 10.9 Å². The van der Waals surface area contributed by atoms with Crippen molar-refractivity contribution in [3.63, 3.8) is 0 Å². The normalized spacial score (nSPS) is 20.9. The van der Waals surface area contributed by atoms with Gasteiger partial charge >= 0.3 is 0 Å². The maximum absolute atomic E-state index is 12.9. The monoisotopic (exact) mass is 381 g/mol. The fourth-order valence-corrected chi connectivity index (χ4v) is 4.18. The number of hydrogen-bond donors (Lipinski definition) is 1. The van der Waals surface area contributed by atoms with Crippen molar-refractivity contribution in [2.45, 2.75) is 31.6 Å². The minimum atomic E-state index is -0.0176. The molecule has 2 aliphatic rings. The summed E-state index contributed by atoms with van der Waals surface area (Å²) in [6.45, 7) is 2.93. The zero-order chi connectivity index (χ0) is 18.9. The Labute approximate surface area is 162 Å². The quantitative estimate of drug-likeness (QED) is 0.746. The first-order chi connectivity index (χ1) is 13.8. The van der Waals surface area contributed by atoms with Crippen molar-refractivity contribution in [3.05, 3.63) is 41.7 Å². The van der Waals surface area contributed by atoms with Crippen LogP contribution in [0, 0.1) is 5.92 Å². The fourth-order valence-electron chi connectivity index (χ4n) is 4.18. The lowest BCUT2D eigenvalue weighted by molar-refractivity contribution is 0.0777. The summed E-state index contributed by atoms with van der Waals surface area (Å²) in [5.41, 5.74) is 1.38. The maximum atomic E-state index is 12.9. The number of hydrogen-bond acceptors (Lipinski definition) is 6. The van der Waals surface area contributed by atoms with E-state index in [1.807, 2.05) is 29.2 Å². The van der Waals surface area contributed by atoms with E-state index < -0.39 is 0 Å². The molecular weight excluding hydrogens is 358 g/mol. The number of carbonyl (C=O) groups excluding carboxylic acids is 1. The van der Waals surface area contributed by atoms with E-state index in [9.17, 15) is 4.79 Å². The Morgan fingerprint density at radius 3 is 2.96 bits per heavy atom. The van der Waals surface area contributed by atoms with Gasteiger partial charge in [0.05, 0.1) is 5.52 Å². The molecule has 5 rings (SSSR count). The van der Waals surface area contributed by atoms with E-state index in [4.69, 9.17) is 9.26 Å². The van der Waals surface area contributed by atoms with Crippen molar-refractivity contribution < 1.29 is 14.1 Å². The number of fused-ring (bicyclic) bond motifs is 1. The third-order valence-electron chi connectivity index (χ3n) is 5.77. The predicted molar refractivity (Wildman–Crippen MR) is 101 cm³/mol. The topological polar surface area (TPSA) is 97.1 Å². The van der Waals surface area contributed by atoms with Crippen molar-refractivity contribution in [2.24, 2.45) is 5.92 Å². The number of carbonyl (C=O) groups is 1. The molecule has 0 radical (unpaired) electrons. The Balaban J connectivity index is 1.22. The number of amides is 1. The van der Waals surface area contributed by atoms with E-state index >= 15 is 0 Å². The van der Waals surface area contributed by atoms with Gasteiger partial charge in [0.25, 0.3) is 5.91 Å². The van der Waals surface area contributed by atoms with Crippen LogP contribution in [0.5, 0.6) is 0 Å². The molecule has 2 saturated heterocycles. The number of ether oxygens (including phenoxy) is 1. The van der Waals surface area contributed by atoms with Crippen LogP contribution in [0.4, 0.5) is 0 Å². The summed E-state index contributed by atoms with van der Waals surface area (Å²) in [4.78, 5) is 19.4. The van der Waals surface area contributed by atoms with Crippen LogP contribution in [-0.4, -0.2) is 57.4 Å². The van der Waals surface area contributed by atoms with E-state index in [2.05, 4.69) is 20.3 Å². The van der Waals surface area contributed by atoms with Crippen molar-refractivity contribution >= 4 is 16.8 Å². The summed E-state index contributed by atoms with van der Waals surface area (Å²) in [6, 6.07) is 7.71. The predicted octanol–water partition coefficient (Wildman–Crippen LogP) is 2.54. The molecule has 0 bridgehead atoms. The number of likely N-dealkylation sites (tertiary alicyclic amines) is 1. The number of H-pyrrole nitrogens is 1. The maximum Gasteiger partial charge on any atom is 0.275 e. The lowest BCUT2D eigenvalue weighted by atomic mass is 10.0. The molecule has 1 amide bonds. The van der Waals surface area contributed by atoms with Gasteiger partial charge in [-0.05, 0) is 31.2 Å². The molecule has 8 nitrogen and oxygen atoms in total. The Morgan fingerprint density at radius 2 is 2.07 bits per heavy atom. The molecule has 2 aliphatic heterocycles. The first-order valence-electron chi connectivity index (χ1n) is 9.90. The Bertz CT molecular complexity index is 975. The number of nitrogens with zero attached hydrogens (tertiary/aromatic N) is 4. The highest BCUT2D eigenvalue weighted by atomic mass is 16.5. The molecule has 2 aromatic heterocycles. The zero-order valence-corrected chi connectivity index (χ0v) is 15.6. The molecule has 146 valence electrons. The van der Waals surface area contributed by atoms with E-state index in [-0.39, 0.29) is 5.91 Å². The average molecular weight is 381 g/mol. The zero-order valence-electron chi connectivity index (χ0n) is 15.6. The first-order valence-corrected chi connectivity index (χ1v) is 9.90. The second-order valence-electron chi connectivity index (χ2n) is 7.66. The lowest BCUT2D eigenvalue weighted by Crippen LogP contribution is -2.29. The molecule has 28 heavy (non-hydrogen) atoms. The van der Waals surface area contributed by atoms with Gasteiger partial charge in [0, 0.05) is 44.0 Å². The molecule has 1 N–H and O–H groups in total. The number of para-hydroxylation sites is 1. The van der Waals surface area contributed by atoms with Gasteiger partial charge in [0.15, 0.2) is 11.5 Å². The molecule has 1 aromatic carbocycles. The lowest BCUT2D eigenvalue weighted by Gasteiger charge is -2.18. The van der Waals surface area contributed by atoms with Gasteiger partial charge in [-0.25, -0.2) is 0 Å². The summed E-state index contributed by atoms with van der Waals surface area (Å²) in [5, 5.41) is 12.2. The minimum Gasteiger partial charge on any atom is -0.381 e. The Hall–Kier alpha value is -2.74. The molecular formula is C20H23N5O3. The number of aromatic amines is 1. The highest BCUT2D eigenvalue weighted by Gasteiger charge is 2.30. The van der Waals surface area contributed by atoms with E-state index in [1.54, 1.807) is 0 Å². The standard InChI is InChI=1S/C20H23N5O3/c26-20(18-15-3-1-2-4-16(15)22-23-18)25-8-5-13(12-25)11-17-21-19(28-24-17)14-6-9-27-10-7-14/h1-4,13-14H,5-12H2,(H,22,23). The summed E-state index contributed by atoms with van der Waals surface area (Å²) in [5.74, 6) is 2.10. The van der Waals surface area contributed by atoms with Crippen LogP contribution >= 0.6 is 0 Å². The molecule has 8 heteroatoms. The molecule has 0 saturated carbocycles. The summed E-state index contributed by atoms with van der Waals surface area (Å²) in [7, 11) is 0. The van der Waals surface area contributed by atoms with Crippen molar-refractivity contribution in [1.29, 1.82) is 0 Å². The highest BCUT2D eigenvalue weighted by molar-refractivity contribution is 6.04. The summed E-state index contributed by atoms with van der Waals surface area (Å²) < 4.78 is 10.9. The largest absolute Gasteiger partial charge is 0.381 e. The van der Waals surface area contributed by atoms with Gasteiger partial charge in [-0.15, -0.1) is 0 Å². The summed E-state index contributed by atoms with van der Waals surface area (Å²) >= 11 is 0. The molecule has 3 aromatic rings. The smallest absolute Gasteiger partial charge is 0.275 e. The van der Waals surface area contributed by atoms with Crippen LogP contribution in [0.15, 0.2) is 28.8 Å². The second kappa shape index (κ2) is 7.35. The Morgan fingerprint density at radius 1 is 1.21 bits per heavy atom. The van der Waals surface area contributed by atoms with Crippen molar-refractivity contribution in [2.75, 3.05) is 26.3 Å². The van der Waals surface area contributed by atoms with Crippen LogP contribution in [0.3, 0.4) is 0 Å². The molecule has 0 aliphatic carbocycles. The third kappa shape index (κ3) is 3.28. The SMILES string of the molecule is O=C(c1n[nH]c2ccccc12)N1CCC(Cc2noc(C3CCOCC3)n2)C1. The fraction of sp³-hybridized carbons (Fsp3) is 0.500. The van der Waals surface area contributed by atoms with Gasteiger partial charge in [-0.2, -0.15) is 10.1 Å². The minimum absolute atomic E-state index is 0.0176. The molecule has 4 heterocycles. The number of rotatable bonds is 4. The summed E-state index contributed by atoms with van der Waals surface area (Å²) in [6.07, 6.45) is 3.54. The van der Waals surface area contributed by atoms with Crippen LogP contribution < -0.4 is 0 Å². The molecule has 1 atom stereocenters. The first kappa shape index (κ1) is 17.4. The van der Waals surface area contributed by atoms with Gasteiger partial charge in [-0.1, -0.05) is 23.4 Å². The van der Waals surface area contributed by atoms with Gasteiger partial charge in [0.1, 0.15) is 0 Å². The van der Waals surface area contributed by atoms with E-state index in [0.29, 0.717) is 24.1 Å². The van der Waals surface area contributed by atoms with Crippen LogP contribution in [0.2, 0.25) is 0 Å². The number of benzene rings is 1. The van der Waals surface area contributed by atoms with Crippen molar-refractivity contribution in [1.82, 2.24) is 25.2 Å². The third-order valence-corrected chi connectivity index (χ3v) is 5.77. The second-order valence-corrected chi connectivity index (χ2v) is 7.66. The number of aromatic nitrogens is 4. The van der Waals surface area contributed by atoms with Gasteiger partial charge in [0.2, 0.25) is 5.89 Å². The molecule has 1 unspecified atom stereocenters. The van der Waals surface area contributed by atoms with E-state index in [1.165, 1.54) is 0 Å². The highest BCUT2D eigenvalue weighted by Crippen LogP contribution is 2.27. The number of nitrogens with one attached hydrogen (secondary N) is 1. The average Bonchev–Trinajstić information content (AvgIpc) is 3.48. The van der Waals surface area contributed by atoms with Gasteiger partial charge < -0.3 is 14.2 Å². The molecule has 0 spiro atoms. The van der Waals surface area contributed by atoms with Crippen LogP contribution in [-0.2, 0) is 11.2 Å². The van der Waals surface area contributed by atoms with Crippen LogP contribution in [0.1, 0.15) is 47.4 Å². The van der Waals surface area contributed by atoms with Gasteiger partial charge in [-0.3, -0.25) is 9.89 Å². The molecule has 2 fully saturated rings. The van der Waals surface area contributed by atoms with Crippen molar-refractivity contribution in [3.8, 4) is 0 Å². The Kier molecular flexibility index (Phi) is 4.56. The van der Waals surface area contributed by atoms with E-state index in [0.717, 1.165) is 68.1 Å².